The molecule has 1 aliphatic carbocycles. The van der Waals surface area contributed by atoms with E-state index in [0.717, 1.165) is 36.1 Å². The van der Waals surface area contributed by atoms with E-state index in [4.69, 9.17) is 9.15 Å². The Balaban J connectivity index is 1.41. The summed E-state index contributed by atoms with van der Waals surface area (Å²) in [5.41, 5.74) is 3.16. The van der Waals surface area contributed by atoms with Crippen molar-refractivity contribution < 1.29 is 23.5 Å². The van der Waals surface area contributed by atoms with Crippen LogP contribution in [0.3, 0.4) is 0 Å². The van der Waals surface area contributed by atoms with Gasteiger partial charge in [0.2, 0.25) is 5.91 Å². The first-order valence-corrected chi connectivity index (χ1v) is 15.1. The zero-order chi connectivity index (χ0) is 28.3. The molecule has 8 heteroatoms. The summed E-state index contributed by atoms with van der Waals surface area (Å²) in [7, 11) is 0. The molecule has 0 saturated carbocycles. The van der Waals surface area contributed by atoms with Gasteiger partial charge in [-0.15, -0.1) is 11.8 Å². The predicted molar refractivity (Wildman–Crippen MR) is 157 cm³/mol. The van der Waals surface area contributed by atoms with Crippen LogP contribution in [-0.4, -0.2) is 35.6 Å². The second-order valence-corrected chi connectivity index (χ2v) is 11.6. The molecule has 40 heavy (non-hydrogen) atoms. The van der Waals surface area contributed by atoms with Crippen molar-refractivity contribution >= 4 is 29.5 Å². The van der Waals surface area contributed by atoms with Gasteiger partial charge >= 0.3 is 6.09 Å². The molecular weight excluding hydrogens is 524 g/mol. The lowest BCUT2D eigenvalue weighted by atomic mass is 9.89. The highest BCUT2D eigenvalue weighted by atomic mass is 32.2. The van der Waals surface area contributed by atoms with Crippen molar-refractivity contribution in [2.75, 3.05) is 5.75 Å². The Morgan fingerprint density at radius 3 is 2.50 bits per heavy atom. The van der Waals surface area contributed by atoms with E-state index in [-0.39, 0.29) is 29.5 Å². The summed E-state index contributed by atoms with van der Waals surface area (Å²) in [5, 5.41) is 5.74. The van der Waals surface area contributed by atoms with Crippen molar-refractivity contribution in [2.45, 2.75) is 69.9 Å². The number of rotatable bonds is 13. The van der Waals surface area contributed by atoms with Crippen LogP contribution in [0.15, 0.2) is 77.4 Å². The molecule has 0 spiro atoms. The third-order valence-electron chi connectivity index (χ3n) is 6.94. The number of ketones is 1. The Labute approximate surface area is 240 Å². The quantitative estimate of drug-likeness (QED) is 0.264. The number of ether oxygens (including phenoxy) is 1. The van der Waals surface area contributed by atoms with E-state index in [1.54, 1.807) is 6.26 Å². The van der Waals surface area contributed by atoms with Crippen LogP contribution in [0.4, 0.5) is 4.79 Å². The maximum atomic E-state index is 13.5. The van der Waals surface area contributed by atoms with E-state index in [1.165, 1.54) is 17.3 Å². The average Bonchev–Trinajstić information content (AvgIpc) is 3.46. The van der Waals surface area contributed by atoms with Gasteiger partial charge < -0.3 is 19.8 Å². The lowest BCUT2D eigenvalue weighted by Gasteiger charge is -2.27. The Hall–Kier alpha value is -3.52. The van der Waals surface area contributed by atoms with Gasteiger partial charge in [-0.05, 0) is 66.8 Å². The lowest BCUT2D eigenvalue weighted by molar-refractivity contribution is -0.128. The lowest BCUT2D eigenvalue weighted by Crippen LogP contribution is -2.53. The summed E-state index contributed by atoms with van der Waals surface area (Å²) in [4.78, 5) is 39.8. The molecule has 1 heterocycles. The van der Waals surface area contributed by atoms with Gasteiger partial charge in [-0.25, -0.2) is 4.79 Å². The topological polar surface area (TPSA) is 97.6 Å². The predicted octanol–water partition coefficient (Wildman–Crippen LogP) is 6.03. The maximum Gasteiger partial charge on any atom is 0.408 e. The fourth-order valence-corrected chi connectivity index (χ4v) is 5.83. The number of nitrogens with one attached hydrogen (secondary N) is 2. The molecule has 3 aromatic rings. The van der Waals surface area contributed by atoms with Crippen molar-refractivity contribution in [3.63, 3.8) is 0 Å². The molecule has 0 aliphatic heterocycles. The summed E-state index contributed by atoms with van der Waals surface area (Å²) in [6, 6.07) is 19.7. The highest BCUT2D eigenvalue weighted by Crippen LogP contribution is 2.32. The number of carbonyl (C=O) groups is 3. The largest absolute Gasteiger partial charge is 0.468 e. The molecule has 1 aliphatic rings. The number of alkyl carbamates (subject to hydrolysis) is 1. The van der Waals surface area contributed by atoms with E-state index >= 15 is 0 Å². The number of amides is 2. The third kappa shape index (κ3) is 8.74. The number of hydrogen-bond acceptors (Lipinski definition) is 6. The fourth-order valence-electron chi connectivity index (χ4n) is 4.96. The van der Waals surface area contributed by atoms with Crippen molar-refractivity contribution in [1.29, 1.82) is 0 Å². The van der Waals surface area contributed by atoms with Gasteiger partial charge in [0.25, 0.3) is 0 Å². The second-order valence-electron chi connectivity index (χ2n) is 10.6. The van der Waals surface area contributed by atoms with Crippen LogP contribution in [-0.2, 0) is 32.9 Å². The molecule has 2 aromatic carbocycles. The molecular formula is C32H38N2O5S. The minimum Gasteiger partial charge on any atom is -0.468 e. The Bertz CT molecular complexity index is 1250. The molecule has 4 rings (SSSR count). The highest BCUT2D eigenvalue weighted by Gasteiger charge is 2.30. The van der Waals surface area contributed by atoms with E-state index in [9.17, 15) is 14.4 Å². The SMILES string of the molecule is CC(C)C[C@H](NC(=O)OC1CCCc2ccccc21)C(=O)N[C@@H](Cc1ccccc1)C(=O)CSCc1ccco1. The molecule has 0 bridgehead atoms. The smallest absolute Gasteiger partial charge is 0.408 e. The number of aryl methyl sites for hydroxylation is 1. The van der Waals surface area contributed by atoms with E-state index < -0.39 is 18.2 Å². The van der Waals surface area contributed by atoms with Crippen LogP contribution in [0, 0.1) is 5.92 Å². The summed E-state index contributed by atoms with van der Waals surface area (Å²) in [5.74, 6) is 1.25. The van der Waals surface area contributed by atoms with Crippen molar-refractivity contribution in [1.82, 2.24) is 10.6 Å². The highest BCUT2D eigenvalue weighted by molar-refractivity contribution is 7.99. The van der Waals surface area contributed by atoms with E-state index in [1.807, 2.05) is 74.5 Å². The van der Waals surface area contributed by atoms with Crippen LogP contribution in [0.25, 0.3) is 0 Å². The second kappa shape index (κ2) is 14.7. The van der Waals surface area contributed by atoms with Crippen LogP contribution >= 0.6 is 11.8 Å². The molecule has 7 nitrogen and oxygen atoms in total. The molecule has 0 radical (unpaired) electrons. The summed E-state index contributed by atoms with van der Waals surface area (Å²) >= 11 is 1.44. The number of fused-ring (bicyclic) bond motifs is 1. The normalized spacial score (nSPS) is 16.0. The summed E-state index contributed by atoms with van der Waals surface area (Å²) < 4.78 is 11.2. The standard InChI is InChI=1S/C32H38N2O5S/c1-22(2)18-28(34-32(37)39-30-16-8-13-24-12-6-7-15-26(24)30)31(36)33-27(19-23-10-4-3-5-11-23)29(35)21-40-20-25-14-9-17-38-25/h3-7,9-12,14-15,17,22,27-28,30H,8,13,16,18-21H2,1-2H3,(H,33,36)(H,34,37)/t27-,28-,30?/m0/s1. The molecule has 0 fully saturated rings. The zero-order valence-corrected chi connectivity index (χ0v) is 24.0. The number of thioether (sulfide) groups is 1. The monoisotopic (exact) mass is 562 g/mol. The first-order valence-electron chi connectivity index (χ1n) is 13.9. The molecule has 0 saturated heterocycles. The van der Waals surface area contributed by atoms with Crippen LogP contribution in [0.2, 0.25) is 0 Å². The average molecular weight is 563 g/mol. The first kappa shape index (κ1) is 29.5. The number of Topliss-reactive ketones (excluding diaryl/α,β-unsaturated/α-hetero) is 1. The minimum atomic E-state index is -0.826. The van der Waals surface area contributed by atoms with Crippen LogP contribution in [0.1, 0.15) is 61.7 Å². The zero-order valence-electron chi connectivity index (χ0n) is 23.1. The molecule has 1 aromatic heterocycles. The number of hydrogen-bond donors (Lipinski definition) is 2. The Kier molecular flexibility index (Phi) is 10.9. The molecule has 2 amide bonds. The fraction of sp³-hybridized carbons (Fsp3) is 0.406. The van der Waals surface area contributed by atoms with Crippen molar-refractivity contribution in [3.05, 3.63) is 95.4 Å². The molecule has 3 atom stereocenters. The molecule has 212 valence electrons. The number of carbonyl (C=O) groups excluding carboxylic acids is 3. The van der Waals surface area contributed by atoms with Crippen LogP contribution in [0.5, 0.6) is 0 Å². The Morgan fingerprint density at radius 2 is 1.75 bits per heavy atom. The van der Waals surface area contributed by atoms with Gasteiger partial charge in [-0.2, -0.15) is 0 Å². The number of furan rings is 1. The first-order chi connectivity index (χ1) is 19.4. The van der Waals surface area contributed by atoms with Gasteiger partial charge in [-0.3, -0.25) is 9.59 Å². The Morgan fingerprint density at radius 1 is 0.975 bits per heavy atom. The minimum absolute atomic E-state index is 0.0848. The van der Waals surface area contributed by atoms with E-state index in [2.05, 4.69) is 16.7 Å². The van der Waals surface area contributed by atoms with Crippen molar-refractivity contribution in [3.8, 4) is 0 Å². The molecule has 1 unspecified atom stereocenters. The van der Waals surface area contributed by atoms with Gasteiger partial charge in [-0.1, -0.05) is 68.4 Å². The molecule has 2 N–H and O–H groups in total. The van der Waals surface area contributed by atoms with E-state index in [0.29, 0.717) is 18.6 Å². The maximum absolute atomic E-state index is 13.5. The van der Waals surface area contributed by atoms with Crippen LogP contribution < -0.4 is 10.6 Å². The summed E-state index contributed by atoms with van der Waals surface area (Å²) in [6.45, 7) is 3.98. The third-order valence-corrected chi connectivity index (χ3v) is 7.91. The number of benzene rings is 2. The van der Waals surface area contributed by atoms with Gasteiger partial charge in [0.1, 0.15) is 17.9 Å². The van der Waals surface area contributed by atoms with Gasteiger partial charge in [0.05, 0.1) is 23.8 Å². The van der Waals surface area contributed by atoms with Crippen molar-refractivity contribution in [2.24, 2.45) is 5.92 Å². The van der Waals surface area contributed by atoms with Gasteiger partial charge in [0.15, 0.2) is 5.78 Å². The summed E-state index contributed by atoms with van der Waals surface area (Å²) in [6.07, 6.45) is 4.07. The van der Waals surface area contributed by atoms with Gasteiger partial charge in [0, 0.05) is 0 Å².